The van der Waals surface area contributed by atoms with Crippen LogP contribution in [0.2, 0.25) is 0 Å². The molecule has 0 aliphatic rings. The second kappa shape index (κ2) is 5.11. The molecule has 2 heterocycles. The van der Waals surface area contributed by atoms with E-state index in [0.717, 1.165) is 11.3 Å². The van der Waals surface area contributed by atoms with E-state index in [1.807, 2.05) is 13.0 Å². The summed E-state index contributed by atoms with van der Waals surface area (Å²) in [7, 11) is 0. The molecule has 0 bridgehead atoms. The first-order valence-corrected chi connectivity index (χ1v) is 6.06. The molecule has 0 aliphatic heterocycles. The van der Waals surface area contributed by atoms with Gasteiger partial charge in [0.05, 0.1) is 17.6 Å². The quantitative estimate of drug-likeness (QED) is 0.776. The number of hydrogen-bond acceptors (Lipinski definition) is 6. The van der Waals surface area contributed by atoms with E-state index in [1.54, 1.807) is 17.8 Å². The third kappa shape index (κ3) is 2.82. The van der Waals surface area contributed by atoms with Gasteiger partial charge in [0.15, 0.2) is 5.13 Å². The molecule has 7 heteroatoms. The first-order valence-electron chi connectivity index (χ1n) is 5.19. The maximum atomic E-state index is 10.7. The van der Waals surface area contributed by atoms with E-state index < -0.39 is 12.0 Å². The minimum Gasteiger partial charge on any atom is -0.480 e. The van der Waals surface area contributed by atoms with E-state index >= 15 is 0 Å². The monoisotopic (exact) mass is 264 g/mol. The number of aliphatic carboxylic acids is 1. The molecule has 6 nitrogen and oxygen atoms in total. The molecule has 0 saturated heterocycles. The minimum atomic E-state index is -1.09. The van der Waals surface area contributed by atoms with Crippen molar-refractivity contribution >= 4 is 28.1 Å². The van der Waals surface area contributed by atoms with E-state index in [0.29, 0.717) is 10.8 Å². The van der Waals surface area contributed by atoms with Crippen molar-refractivity contribution in [2.24, 2.45) is 5.73 Å². The number of anilines is 2. The summed E-state index contributed by atoms with van der Waals surface area (Å²) >= 11 is 1.30. The third-order valence-corrected chi connectivity index (χ3v) is 3.01. The summed E-state index contributed by atoms with van der Waals surface area (Å²) < 4.78 is 0. The average Bonchev–Trinajstić information content (AvgIpc) is 2.76. The summed E-state index contributed by atoms with van der Waals surface area (Å²) in [6.45, 7) is 1.94. The Hall–Kier alpha value is -1.99. The number of nitrogens with one attached hydrogen (secondary N) is 1. The highest BCUT2D eigenvalue weighted by Gasteiger charge is 2.17. The van der Waals surface area contributed by atoms with Crippen molar-refractivity contribution < 1.29 is 9.90 Å². The predicted molar refractivity (Wildman–Crippen MR) is 68.9 cm³/mol. The zero-order valence-corrected chi connectivity index (χ0v) is 10.4. The fourth-order valence-corrected chi connectivity index (χ4v) is 2.13. The van der Waals surface area contributed by atoms with Gasteiger partial charge in [0.25, 0.3) is 0 Å². The number of nitrogens with zero attached hydrogens (tertiary/aromatic N) is 2. The second-order valence-corrected chi connectivity index (χ2v) is 4.63. The molecule has 94 valence electrons. The number of rotatable bonds is 4. The molecule has 2 aromatic rings. The molecule has 0 radical (unpaired) electrons. The summed E-state index contributed by atoms with van der Waals surface area (Å²) in [6, 6.07) is 0.831. The molecule has 2 aromatic heterocycles. The van der Waals surface area contributed by atoms with Crippen LogP contribution < -0.4 is 11.1 Å². The molecule has 0 fully saturated rings. The molecule has 0 spiro atoms. The first-order chi connectivity index (χ1) is 8.56. The van der Waals surface area contributed by atoms with Crippen molar-refractivity contribution in [3.8, 4) is 0 Å². The van der Waals surface area contributed by atoms with Gasteiger partial charge in [0.1, 0.15) is 6.04 Å². The number of carbonyl (C=O) groups is 1. The normalized spacial score (nSPS) is 12.1. The van der Waals surface area contributed by atoms with Crippen LogP contribution in [-0.2, 0) is 4.79 Å². The molecular formula is C11H12N4O2S. The van der Waals surface area contributed by atoms with Crippen molar-refractivity contribution in [1.82, 2.24) is 9.97 Å². The van der Waals surface area contributed by atoms with Crippen LogP contribution in [-0.4, -0.2) is 21.0 Å². The molecule has 0 saturated carbocycles. The fourth-order valence-electron chi connectivity index (χ4n) is 1.36. The highest BCUT2D eigenvalue weighted by atomic mass is 32.1. The number of aromatic nitrogens is 2. The van der Waals surface area contributed by atoms with Gasteiger partial charge in [-0.25, -0.2) is 4.98 Å². The van der Waals surface area contributed by atoms with Crippen LogP contribution in [0.3, 0.4) is 0 Å². The predicted octanol–water partition coefficient (Wildman–Crippen LogP) is 1.67. The standard InChI is InChI=1S/C11H12N4O2S/c1-6-2-7(4-13-3-6)14-11-15-8(5-18-11)9(12)10(16)17/h2-5,9H,12H2,1H3,(H,14,15)(H,16,17). The summed E-state index contributed by atoms with van der Waals surface area (Å²) in [5.74, 6) is -1.09. The second-order valence-electron chi connectivity index (χ2n) is 3.77. The van der Waals surface area contributed by atoms with Gasteiger partial charge in [-0.15, -0.1) is 11.3 Å². The number of aryl methyl sites for hydroxylation is 1. The van der Waals surface area contributed by atoms with Crippen LogP contribution in [0.4, 0.5) is 10.8 Å². The summed E-state index contributed by atoms with van der Waals surface area (Å²) in [6.07, 6.45) is 3.42. The maximum absolute atomic E-state index is 10.7. The Balaban J connectivity index is 2.14. The van der Waals surface area contributed by atoms with Gasteiger partial charge in [0, 0.05) is 11.6 Å². The average molecular weight is 264 g/mol. The van der Waals surface area contributed by atoms with Gasteiger partial charge in [-0.3, -0.25) is 9.78 Å². The Labute approximate surface area is 108 Å². The zero-order chi connectivity index (χ0) is 13.1. The van der Waals surface area contributed by atoms with E-state index in [9.17, 15) is 4.79 Å². The van der Waals surface area contributed by atoms with E-state index in [-0.39, 0.29) is 0 Å². The number of carboxylic acid groups (broad SMARTS) is 1. The summed E-state index contributed by atoms with van der Waals surface area (Å²) in [5, 5.41) is 14.1. The van der Waals surface area contributed by atoms with Crippen molar-refractivity contribution in [2.45, 2.75) is 13.0 Å². The zero-order valence-electron chi connectivity index (χ0n) is 9.62. The first kappa shape index (κ1) is 12.5. The van der Waals surface area contributed by atoms with Crippen molar-refractivity contribution in [2.75, 3.05) is 5.32 Å². The largest absolute Gasteiger partial charge is 0.480 e. The highest BCUT2D eigenvalue weighted by Crippen LogP contribution is 2.23. The van der Waals surface area contributed by atoms with Gasteiger partial charge in [-0.2, -0.15) is 0 Å². The molecule has 18 heavy (non-hydrogen) atoms. The van der Waals surface area contributed by atoms with E-state index in [2.05, 4.69) is 15.3 Å². The van der Waals surface area contributed by atoms with Gasteiger partial charge in [-0.1, -0.05) is 0 Å². The third-order valence-electron chi connectivity index (χ3n) is 2.23. The Kier molecular flexibility index (Phi) is 3.54. The molecule has 0 aliphatic carbocycles. The molecule has 1 atom stereocenters. The molecule has 0 amide bonds. The van der Waals surface area contributed by atoms with Gasteiger partial charge >= 0.3 is 5.97 Å². The number of pyridine rings is 1. The van der Waals surface area contributed by atoms with Gasteiger partial charge < -0.3 is 16.2 Å². The SMILES string of the molecule is Cc1cncc(Nc2nc(C(N)C(=O)O)cs2)c1. The lowest BCUT2D eigenvalue weighted by atomic mass is 10.2. The van der Waals surface area contributed by atoms with Crippen LogP contribution in [0.15, 0.2) is 23.8 Å². The maximum Gasteiger partial charge on any atom is 0.326 e. The number of hydrogen-bond donors (Lipinski definition) is 3. The molecule has 1 unspecified atom stereocenters. The lowest BCUT2D eigenvalue weighted by molar-refractivity contribution is -0.138. The lowest BCUT2D eigenvalue weighted by Gasteiger charge is -2.03. The van der Waals surface area contributed by atoms with Crippen LogP contribution in [0.25, 0.3) is 0 Å². The van der Waals surface area contributed by atoms with Crippen LogP contribution >= 0.6 is 11.3 Å². The van der Waals surface area contributed by atoms with Crippen LogP contribution in [0, 0.1) is 6.92 Å². The van der Waals surface area contributed by atoms with E-state index in [1.165, 1.54) is 11.3 Å². The van der Waals surface area contributed by atoms with Crippen LogP contribution in [0.1, 0.15) is 17.3 Å². The topological polar surface area (TPSA) is 101 Å². The highest BCUT2D eigenvalue weighted by molar-refractivity contribution is 7.13. The Bertz CT molecular complexity index is 570. The number of carboxylic acids is 1. The Morgan fingerprint density at radius 3 is 3.00 bits per heavy atom. The fraction of sp³-hybridized carbons (Fsp3) is 0.182. The van der Waals surface area contributed by atoms with Crippen molar-refractivity contribution in [3.05, 3.63) is 35.1 Å². The molecular weight excluding hydrogens is 252 g/mol. The minimum absolute atomic E-state index is 0.343. The molecule has 0 aromatic carbocycles. The van der Waals surface area contributed by atoms with Gasteiger partial charge in [-0.05, 0) is 18.6 Å². The number of nitrogens with two attached hydrogens (primary N) is 1. The lowest BCUT2D eigenvalue weighted by Crippen LogP contribution is -2.20. The van der Waals surface area contributed by atoms with Gasteiger partial charge in [0.2, 0.25) is 0 Å². The van der Waals surface area contributed by atoms with Crippen molar-refractivity contribution in [3.63, 3.8) is 0 Å². The molecule has 2 rings (SSSR count). The Morgan fingerprint density at radius 2 is 2.33 bits per heavy atom. The molecule has 4 N–H and O–H groups in total. The Morgan fingerprint density at radius 1 is 1.56 bits per heavy atom. The smallest absolute Gasteiger partial charge is 0.326 e. The summed E-state index contributed by atoms with van der Waals surface area (Å²) in [5.41, 5.74) is 7.65. The number of thiazole rings is 1. The van der Waals surface area contributed by atoms with Crippen molar-refractivity contribution in [1.29, 1.82) is 0 Å². The van der Waals surface area contributed by atoms with E-state index in [4.69, 9.17) is 10.8 Å². The summed E-state index contributed by atoms with van der Waals surface area (Å²) in [4.78, 5) is 18.9. The van der Waals surface area contributed by atoms with Crippen LogP contribution in [0.5, 0.6) is 0 Å².